The van der Waals surface area contributed by atoms with Crippen LogP contribution in [-0.2, 0) is 20.6 Å². The minimum absolute atomic E-state index is 0.286. The standard InChI is InChI=1S/C18H19ClN6O2/c1-11(2)10-25-14-15(23(3)18(27)24(4)16(14)26)21-17(25)22-20-9-12-5-7-13(19)8-6-12/h5-9H,1,10H2,2-4H3,(H,21,22)/b20-9+. The molecule has 0 bridgehead atoms. The lowest BCUT2D eigenvalue weighted by atomic mass is 10.2. The molecular formula is C18H19ClN6O2. The van der Waals surface area contributed by atoms with Gasteiger partial charge in [-0.3, -0.25) is 18.5 Å². The van der Waals surface area contributed by atoms with E-state index in [-0.39, 0.29) is 5.65 Å². The van der Waals surface area contributed by atoms with E-state index in [1.807, 2.05) is 19.1 Å². The zero-order chi connectivity index (χ0) is 19.7. The maximum atomic E-state index is 12.6. The van der Waals surface area contributed by atoms with E-state index in [0.29, 0.717) is 23.0 Å². The highest BCUT2D eigenvalue weighted by atomic mass is 35.5. The van der Waals surface area contributed by atoms with Crippen LogP contribution in [0.1, 0.15) is 12.5 Å². The second kappa shape index (κ2) is 7.24. The molecular weight excluding hydrogens is 368 g/mol. The number of imidazole rings is 1. The van der Waals surface area contributed by atoms with Crippen LogP contribution in [0.5, 0.6) is 0 Å². The Morgan fingerprint density at radius 2 is 1.93 bits per heavy atom. The lowest BCUT2D eigenvalue weighted by Gasteiger charge is -2.08. The first kappa shape index (κ1) is 18.7. The maximum absolute atomic E-state index is 12.6. The summed E-state index contributed by atoms with van der Waals surface area (Å²) in [7, 11) is 3.01. The van der Waals surface area contributed by atoms with E-state index < -0.39 is 11.2 Å². The predicted octanol–water partition coefficient (Wildman–Crippen LogP) is 2.11. The predicted molar refractivity (Wildman–Crippen MR) is 108 cm³/mol. The smallest absolute Gasteiger partial charge is 0.299 e. The first-order valence-corrected chi connectivity index (χ1v) is 8.52. The number of hydrazone groups is 1. The van der Waals surface area contributed by atoms with Gasteiger partial charge in [0.1, 0.15) is 0 Å². The van der Waals surface area contributed by atoms with Gasteiger partial charge >= 0.3 is 5.69 Å². The Hall–Kier alpha value is -3.13. The normalized spacial score (nSPS) is 11.4. The summed E-state index contributed by atoms with van der Waals surface area (Å²) in [5, 5.41) is 4.82. The van der Waals surface area contributed by atoms with Gasteiger partial charge in [-0.25, -0.2) is 10.2 Å². The van der Waals surface area contributed by atoms with Gasteiger partial charge in [-0.15, -0.1) is 0 Å². The molecule has 0 amide bonds. The fourth-order valence-electron chi connectivity index (χ4n) is 2.67. The van der Waals surface area contributed by atoms with Crippen LogP contribution in [0, 0.1) is 0 Å². The number of hydrogen-bond donors (Lipinski definition) is 1. The van der Waals surface area contributed by atoms with Crippen LogP contribution in [0.2, 0.25) is 5.02 Å². The lowest BCUT2D eigenvalue weighted by Crippen LogP contribution is -2.37. The van der Waals surface area contributed by atoms with Crippen molar-refractivity contribution >= 4 is 34.9 Å². The van der Waals surface area contributed by atoms with Crippen LogP contribution >= 0.6 is 11.6 Å². The molecule has 0 aliphatic heterocycles. The summed E-state index contributed by atoms with van der Waals surface area (Å²) in [6.45, 7) is 6.11. The molecule has 1 N–H and O–H groups in total. The fourth-order valence-corrected chi connectivity index (χ4v) is 2.80. The second-order valence-electron chi connectivity index (χ2n) is 6.28. The number of fused-ring (bicyclic) bond motifs is 1. The summed E-state index contributed by atoms with van der Waals surface area (Å²) >= 11 is 5.87. The Morgan fingerprint density at radius 3 is 2.56 bits per heavy atom. The third-order valence-electron chi connectivity index (χ3n) is 4.02. The third kappa shape index (κ3) is 3.56. The van der Waals surface area contributed by atoms with Crippen LogP contribution in [0.3, 0.4) is 0 Å². The molecule has 27 heavy (non-hydrogen) atoms. The molecule has 0 atom stereocenters. The second-order valence-corrected chi connectivity index (χ2v) is 6.71. The van der Waals surface area contributed by atoms with Crippen molar-refractivity contribution in [2.24, 2.45) is 19.2 Å². The van der Waals surface area contributed by atoms with Crippen LogP contribution in [-0.4, -0.2) is 24.9 Å². The summed E-state index contributed by atoms with van der Waals surface area (Å²) in [5.41, 5.74) is 4.26. The zero-order valence-corrected chi connectivity index (χ0v) is 16.0. The number of nitrogens with zero attached hydrogens (tertiary/aromatic N) is 5. The highest BCUT2D eigenvalue weighted by molar-refractivity contribution is 6.30. The van der Waals surface area contributed by atoms with Crippen LogP contribution < -0.4 is 16.7 Å². The molecule has 0 fully saturated rings. The zero-order valence-electron chi connectivity index (χ0n) is 15.2. The molecule has 3 aromatic rings. The van der Waals surface area contributed by atoms with Crippen LogP contribution in [0.4, 0.5) is 5.95 Å². The molecule has 3 rings (SSSR count). The first-order chi connectivity index (χ1) is 12.8. The largest absolute Gasteiger partial charge is 0.332 e. The Bertz CT molecular complexity index is 1170. The minimum atomic E-state index is -0.441. The molecule has 0 saturated carbocycles. The van der Waals surface area contributed by atoms with E-state index in [2.05, 4.69) is 22.1 Å². The molecule has 0 spiro atoms. The Morgan fingerprint density at radius 1 is 1.26 bits per heavy atom. The van der Waals surface area contributed by atoms with Crippen molar-refractivity contribution in [3.05, 3.63) is 67.8 Å². The van der Waals surface area contributed by atoms with Gasteiger partial charge in [0.15, 0.2) is 11.2 Å². The van der Waals surface area contributed by atoms with E-state index in [4.69, 9.17) is 11.6 Å². The molecule has 8 nitrogen and oxygen atoms in total. The van der Waals surface area contributed by atoms with Gasteiger partial charge in [0, 0.05) is 25.7 Å². The molecule has 0 unspecified atom stereocenters. The van der Waals surface area contributed by atoms with Crippen molar-refractivity contribution in [3.63, 3.8) is 0 Å². The number of aryl methyl sites for hydroxylation is 1. The van der Waals surface area contributed by atoms with E-state index in [1.165, 1.54) is 11.6 Å². The Kier molecular flexibility index (Phi) is 5.00. The van der Waals surface area contributed by atoms with Gasteiger partial charge in [-0.05, 0) is 24.6 Å². The number of anilines is 1. The van der Waals surface area contributed by atoms with Crippen LogP contribution in [0.15, 0.2) is 51.1 Å². The minimum Gasteiger partial charge on any atom is -0.299 e. The highest BCUT2D eigenvalue weighted by Crippen LogP contribution is 2.17. The molecule has 0 aliphatic carbocycles. The number of hydrogen-bond acceptors (Lipinski definition) is 5. The van der Waals surface area contributed by atoms with Gasteiger partial charge in [0.2, 0.25) is 5.95 Å². The molecule has 0 radical (unpaired) electrons. The molecule has 2 aromatic heterocycles. The average Bonchev–Trinajstić information content (AvgIpc) is 2.98. The van der Waals surface area contributed by atoms with E-state index in [0.717, 1.165) is 15.7 Å². The quantitative estimate of drug-likeness (QED) is 0.413. The summed E-state index contributed by atoms with van der Waals surface area (Å²) < 4.78 is 4.05. The van der Waals surface area contributed by atoms with Gasteiger partial charge < -0.3 is 0 Å². The van der Waals surface area contributed by atoms with Crippen LogP contribution in [0.25, 0.3) is 11.2 Å². The first-order valence-electron chi connectivity index (χ1n) is 8.15. The van der Waals surface area contributed by atoms with E-state index in [1.54, 1.807) is 30.0 Å². The van der Waals surface area contributed by atoms with Gasteiger partial charge in [0.25, 0.3) is 5.56 Å². The van der Waals surface area contributed by atoms with Crippen molar-refractivity contribution < 1.29 is 0 Å². The number of aromatic nitrogens is 4. The molecule has 0 aliphatic rings. The van der Waals surface area contributed by atoms with Crippen molar-refractivity contribution in [2.45, 2.75) is 13.5 Å². The summed E-state index contributed by atoms with van der Waals surface area (Å²) in [6, 6.07) is 7.17. The monoisotopic (exact) mass is 386 g/mol. The highest BCUT2D eigenvalue weighted by Gasteiger charge is 2.18. The third-order valence-corrected chi connectivity index (χ3v) is 4.28. The van der Waals surface area contributed by atoms with Crippen molar-refractivity contribution in [1.29, 1.82) is 0 Å². The SMILES string of the molecule is C=C(C)Cn1c(N/N=C/c2ccc(Cl)cc2)nc2c1c(=O)n(C)c(=O)n2C. The Balaban J connectivity index is 2.09. The molecule has 140 valence electrons. The van der Waals surface area contributed by atoms with Crippen molar-refractivity contribution in [3.8, 4) is 0 Å². The van der Waals surface area contributed by atoms with E-state index in [9.17, 15) is 9.59 Å². The topological polar surface area (TPSA) is 86.2 Å². The number of halogens is 1. The number of benzene rings is 1. The average molecular weight is 387 g/mol. The summed E-state index contributed by atoms with van der Waals surface area (Å²) in [4.78, 5) is 29.2. The molecule has 0 saturated heterocycles. The molecule has 9 heteroatoms. The van der Waals surface area contributed by atoms with Gasteiger partial charge in [0.05, 0.1) is 6.21 Å². The maximum Gasteiger partial charge on any atom is 0.332 e. The molecule has 1 aromatic carbocycles. The fraction of sp³-hybridized carbons (Fsp3) is 0.222. The number of rotatable bonds is 5. The van der Waals surface area contributed by atoms with Gasteiger partial charge in [-0.1, -0.05) is 35.9 Å². The summed E-state index contributed by atoms with van der Waals surface area (Å²) in [6.07, 6.45) is 1.61. The number of allylic oxidation sites excluding steroid dienone is 1. The molecule has 2 heterocycles. The Labute approximate surface area is 160 Å². The van der Waals surface area contributed by atoms with Crippen molar-refractivity contribution in [2.75, 3.05) is 5.43 Å². The van der Waals surface area contributed by atoms with E-state index >= 15 is 0 Å². The lowest BCUT2D eigenvalue weighted by molar-refractivity contribution is 0.702. The van der Waals surface area contributed by atoms with Crippen molar-refractivity contribution in [1.82, 2.24) is 18.7 Å². The summed E-state index contributed by atoms with van der Waals surface area (Å²) in [5.74, 6) is 0.344. The number of nitrogens with one attached hydrogen (secondary N) is 1. The van der Waals surface area contributed by atoms with Gasteiger partial charge in [-0.2, -0.15) is 10.1 Å².